The number of aryl methyl sites for hydroxylation is 1. The fourth-order valence-electron chi connectivity index (χ4n) is 2.41. The zero-order chi connectivity index (χ0) is 13.4. The molecule has 1 aliphatic rings. The van der Waals surface area contributed by atoms with E-state index in [0.717, 1.165) is 25.1 Å². The van der Waals surface area contributed by atoms with Crippen LogP contribution in [0.15, 0.2) is 18.6 Å². The second kappa shape index (κ2) is 4.42. The number of fused-ring (bicyclic) bond motifs is 1. The van der Waals surface area contributed by atoms with E-state index in [2.05, 4.69) is 15.5 Å². The van der Waals surface area contributed by atoms with Crippen LogP contribution in [-0.2, 0) is 6.54 Å². The van der Waals surface area contributed by atoms with Crippen LogP contribution in [-0.4, -0.2) is 37.2 Å². The summed E-state index contributed by atoms with van der Waals surface area (Å²) in [6.07, 6.45) is 6.07. The minimum absolute atomic E-state index is 0.0460. The van der Waals surface area contributed by atoms with Gasteiger partial charge in [0.05, 0.1) is 18.4 Å². The standard InChI is InChI=1S/C12H15N5O2/c1-2-16-7-8(5-14-16)10-3-4-13-11-9(12(18)19)6-15-17(10)11/h5-7,10,13H,2-4H2,1H3,(H,18,19). The third-order valence-electron chi connectivity index (χ3n) is 3.39. The van der Waals surface area contributed by atoms with Gasteiger partial charge in [-0.2, -0.15) is 10.2 Å². The molecule has 1 aliphatic heterocycles. The zero-order valence-corrected chi connectivity index (χ0v) is 10.6. The number of aromatic carboxylic acids is 1. The number of aromatic nitrogens is 4. The third kappa shape index (κ3) is 1.87. The highest BCUT2D eigenvalue weighted by Gasteiger charge is 2.27. The first-order valence-electron chi connectivity index (χ1n) is 6.27. The van der Waals surface area contributed by atoms with Crippen molar-refractivity contribution in [3.05, 3.63) is 29.7 Å². The number of carboxylic acid groups (broad SMARTS) is 1. The van der Waals surface area contributed by atoms with Crippen LogP contribution in [0.1, 0.15) is 35.3 Å². The molecule has 0 fully saturated rings. The van der Waals surface area contributed by atoms with E-state index >= 15 is 0 Å². The van der Waals surface area contributed by atoms with Gasteiger partial charge in [0.15, 0.2) is 0 Å². The van der Waals surface area contributed by atoms with E-state index in [0.29, 0.717) is 5.82 Å². The van der Waals surface area contributed by atoms with Gasteiger partial charge in [0.25, 0.3) is 0 Å². The van der Waals surface area contributed by atoms with Gasteiger partial charge in [0, 0.05) is 24.8 Å². The number of nitrogens with one attached hydrogen (secondary N) is 1. The predicted molar refractivity (Wildman–Crippen MR) is 68.3 cm³/mol. The quantitative estimate of drug-likeness (QED) is 0.867. The monoisotopic (exact) mass is 261 g/mol. The highest BCUT2D eigenvalue weighted by atomic mass is 16.4. The number of rotatable bonds is 3. The van der Waals surface area contributed by atoms with Gasteiger partial charge in [-0.15, -0.1) is 0 Å². The van der Waals surface area contributed by atoms with Gasteiger partial charge in [-0.05, 0) is 13.3 Å². The van der Waals surface area contributed by atoms with Crippen LogP contribution in [0, 0.1) is 0 Å². The van der Waals surface area contributed by atoms with Gasteiger partial charge in [-0.1, -0.05) is 0 Å². The molecule has 0 amide bonds. The summed E-state index contributed by atoms with van der Waals surface area (Å²) in [7, 11) is 0. The van der Waals surface area contributed by atoms with E-state index in [1.54, 1.807) is 4.68 Å². The second-order valence-corrected chi connectivity index (χ2v) is 4.52. The molecule has 1 atom stereocenters. The van der Waals surface area contributed by atoms with E-state index < -0.39 is 5.97 Å². The maximum atomic E-state index is 11.1. The minimum atomic E-state index is -0.960. The van der Waals surface area contributed by atoms with Crippen molar-refractivity contribution < 1.29 is 9.90 Å². The molecule has 7 nitrogen and oxygen atoms in total. The molecule has 100 valence electrons. The Morgan fingerprint density at radius 3 is 3.05 bits per heavy atom. The smallest absolute Gasteiger partial charge is 0.341 e. The fraction of sp³-hybridized carbons (Fsp3) is 0.417. The van der Waals surface area contributed by atoms with Crippen molar-refractivity contribution in [1.82, 2.24) is 19.6 Å². The Labute approximate surface area is 109 Å². The van der Waals surface area contributed by atoms with Crippen molar-refractivity contribution in [2.24, 2.45) is 0 Å². The molecule has 0 radical (unpaired) electrons. The first kappa shape index (κ1) is 11.8. The van der Waals surface area contributed by atoms with Gasteiger partial charge in [0.2, 0.25) is 0 Å². The highest BCUT2D eigenvalue weighted by molar-refractivity contribution is 5.93. The first-order valence-corrected chi connectivity index (χ1v) is 6.27. The summed E-state index contributed by atoms with van der Waals surface area (Å²) in [4.78, 5) is 11.1. The summed E-state index contributed by atoms with van der Waals surface area (Å²) >= 11 is 0. The number of nitrogens with zero attached hydrogens (tertiary/aromatic N) is 4. The lowest BCUT2D eigenvalue weighted by atomic mass is 10.1. The Morgan fingerprint density at radius 2 is 2.37 bits per heavy atom. The fourth-order valence-corrected chi connectivity index (χ4v) is 2.41. The SMILES string of the molecule is CCn1cc(C2CCNc3c(C(=O)O)cnn32)cn1. The Balaban J connectivity index is 2.00. The molecule has 0 spiro atoms. The average molecular weight is 261 g/mol. The van der Waals surface area contributed by atoms with Gasteiger partial charge >= 0.3 is 5.97 Å². The van der Waals surface area contributed by atoms with Crippen molar-refractivity contribution >= 4 is 11.8 Å². The van der Waals surface area contributed by atoms with Crippen LogP contribution >= 0.6 is 0 Å². The van der Waals surface area contributed by atoms with Crippen molar-refractivity contribution in [3.8, 4) is 0 Å². The van der Waals surface area contributed by atoms with Gasteiger partial charge < -0.3 is 10.4 Å². The van der Waals surface area contributed by atoms with Crippen molar-refractivity contribution in [2.45, 2.75) is 25.9 Å². The van der Waals surface area contributed by atoms with Crippen LogP contribution in [0.5, 0.6) is 0 Å². The van der Waals surface area contributed by atoms with Gasteiger partial charge in [-0.3, -0.25) is 4.68 Å². The Kier molecular flexibility index (Phi) is 2.73. The molecule has 19 heavy (non-hydrogen) atoms. The molecule has 0 aromatic carbocycles. The number of anilines is 1. The van der Waals surface area contributed by atoms with Crippen LogP contribution < -0.4 is 5.32 Å². The summed E-state index contributed by atoms with van der Waals surface area (Å²) < 4.78 is 3.60. The lowest BCUT2D eigenvalue weighted by Gasteiger charge is -2.25. The highest BCUT2D eigenvalue weighted by Crippen LogP contribution is 2.30. The Hall–Kier alpha value is -2.31. The number of hydrogen-bond donors (Lipinski definition) is 2. The van der Waals surface area contributed by atoms with E-state index in [1.807, 2.05) is 24.0 Å². The van der Waals surface area contributed by atoms with Crippen LogP contribution in [0.2, 0.25) is 0 Å². The number of carbonyl (C=O) groups is 1. The lowest BCUT2D eigenvalue weighted by Crippen LogP contribution is -2.25. The number of hydrogen-bond acceptors (Lipinski definition) is 4. The normalized spacial score (nSPS) is 17.8. The Morgan fingerprint density at radius 1 is 1.53 bits per heavy atom. The molecule has 0 aliphatic carbocycles. The zero-order valence-electron chi connectivity index (χ0n) is 10.6. The predicted octanol–water partition coefficient (Wildman–Crippen LogP) is 1.20. The maximum absolute atomic E-state index is 11.1. The molecule has 3 heterocycles. The topological polar surface area (TPSA) is 85.0 Å². The summed E-state index contributed by atoms with van der Waals surface area (Å²) in [6, 6.07) is 0.0460. The summed E-state index contributed by atoms with van der Waals surface area (Å²) in [5.41, 5.74) is 1.28. The maximum Gasteiger partial charge on any atom is 0.341 e. The molecular weight excluding hydrogens is 246 g/mol. The molecule has 3 rings (SSSR count). The molecule has 0 bridgehead atoms. The van der Waals surface area contributed by atoms with Crippen molar-refractivity contribution in [3.63, 3.8) is 0 Å². The van der Waals surface area contributed by atoms with Crippen molar-refractivity contribution in [2.75, 3.05) is 11.9 Å². The van der Waals surface area contributed by atoms with E-state index in [4.69, 9.17) is 5.11 Å². The summed E-state index contributed by atoms with van der Waals surface area (Å²) in [5.74, 6) is -0.383. The molecular formula is C12H15N5O2. The van der Waals surface area contributed by atoms with Gasteiger partial charge in [-0.25, -0.2) is 9.48 Å². The largest absolute Gasteiger partial charge is 0.477 e. The van der Waals surface area contributed by atoms with E-state index in [-0.39, 0.29) is 11.6 Å². The van der Waals surface area contributed by atoms with E-state index in [9.17, 15) is 4.79 Å². The molecule has 2 aromatic rings. The number of carboxylic acids is 1. The van der Waals surface area contributed by atoms with Crippen LogP contribution in [0.25, 0.3) is 0 Å². The van der Waals surface area contributed by atoms with E-state index in [1.165, 1.54) is 6.20 Å². The minimum Gasteiger partial charge on any atom is -0.477 e. The molecule has 0 saturated carbocycles. The lowest BCUT2D eigenvalue weighted by molar-refractivity contribution is 0.0697. The third-order valence-corrected chi connectivity index (χ3v) is 3.39. The van der Waals surface area contributed by atoms with Crippen LogP contribution in [0.4, 0.5) is 5.82 Å². The van der Waals surface area contributed by atoms with Crippen LogP contribution in [0.3, 0.4) is 0 Å². The molecule has 2 N–H and O–H groups in total. The molecule has 1 unspecified atom stereocenters. The van der Waals surface area contributed by atoms with Gasteiger partial charge in [0.1, 0.15) is 11.4 Å². The summed E-state index contributed by atoms with van der Waals surface area (Å²) in [5, 5.41) is 20.7. The summed E-state index contributed by atoms with van der Waals surface area (Å²) in [6.45, 7) is 3.58. The second-order valence-electron chi connectivity index (χ2n) is 4.52. The van der Waals surface area contributed by atoms with Crippen molar-refractivity contribution in [1.29, 1.82) is 0 Å². The molecule has 2 aromatic heterocycles. The molecule has 7 heteroatoms. The average Bonchev–Trinajstić information content (AvgIpc) is 3.04. The molecule has 0 saturated heterocycles. The Bertz CT molecular complexity index is 615. The first-order chi connectivity index (χ1) is 9.20.